The van der Waals surface area contributed by atoms with Crippen LogP contribution in [0.4, 0.5) is 10.5 Å². The van der Waals surface area contributed by atoms with Crippen LogP contribution in [0.3, 0.4) is 0 Å². The van der Waals surface area contributed by atoms with Gasteiger partial charge in [-0.05, 0) is 18.2 Å². The molecule has 148 valence electrons. The number of urea groups is 1. The van der Waals surface area contributed by atoms with E-state index in [4.69, 9.17) is 11.6 Å². The minimum Gasteiger partial charge on any atom is -0.397 e. The van der Waals surface area contributed by atoms with Crippen molar-refractivity contribution < 1.29 is 36.1 Å². The maximum Gasteiger partial charge on any atom is 0.348 e. The Hall–Kier alpha value is -3.11. The third-order valence-corrected chi connectivity index (χ3v) is 5.46. The first-order chi connectivity index (χ1) is 13.0. The smallest absolute Gasteiger partial charge is 0.348 e. The molecule has 3 rings (SSSR count). The average molecular weight is 429 g/mol. The molecule has 4 amide bonds. The molecule has 1 atom stereocenters. The Labute approximate surface area is 158 Å². The summed E-state index contributed by atoms with van der Waals surface area (Å²) in [4.78, 5) is 35.6. The lowest BCUT2D eigenvalue weighted by atomic mass is 9.93. The molecule has 0 radical (unpaired) electrons. The van der Waals surface area contributed by atoms with Crippen molar-refractivity contribution in [2.75, 3.05) is 5.73 Å². The molecular formula is C13H11N5O8S2. The van der Waals surface area contributed by atoms with E-state index in [0.29, 0.717) is 0 Å². The first-order valence-electron chi connectivity index (χ1n) is 7.12. The van der Waals surface area contributed by atoms with Crippen LogP contribution in [-0.4, -0.2) is 44.6 Å². The standard InChI is InChI=1S/C13H11N5O8S2/c14-10-5-1-4(28(24,25)26)2-6-9(5)7(3-8(10)27(22)23)12(20)18(11(6)19)17-13(21)16-15/h1-3H,14-15H2,(H,22,23)(H2,16,17,21)(H,24,25,26). The lowest BCUT2D eigenvalue weighted by molar-refractivity contribution is 0.0541. The number of carbonyl (C=O) groups is 3. The number of hydrogen-bond donors (Lipinski definition) is 6. The van der Waals surface area contributed by atoms with E-state index in [2.05, 4.69) is 0 Å². The minimum absolute atomic E-state index is 0.111. The molecule has 0 bridgehead atoms. The molecule has 0 saturated carbocycles. The monoisotopic (exact) mass is 429 g/mol. The molecule has 2 aromatic carbocycles. The van der Waals surface area contributed by atoms with Gasteiger partial charge in [0.25, 0.3) is 21.9 Å². The van der Waals surface area contributed by atoms with Crippen LogP contribution in [0.2, 0.25) is 0 Å². The summed E-state index contributed by atoms with van der Waals surface area (Å²) in [5.41, 5.74) is 8.22. The molecule has 28 heavy (non-hydrogen) atoms. The van der Waals surface area contributed by atoms with E-state index in [0.717, 1.165) is 18.2 Å². The molecule has 1 heterocycles. The van der Waals surface area contributed by atoms with Crippen molar-refractivity contribution in [1.29, 1.82) is 0 Å². The van der Waals surface area contributed by atoms with E-state index in [1.807, 2.05) is 5.43 Å². The van der Waals surface area contributed by atoms with Crippen LogP contribution >= 0.6 is 0 Å². The Bertz CT molecular complexity index is 1210. The van der Waals surface area contributed by atoms with Crippen LogP contribution in [-0.2, 0) is 21.2 Å². The van der Waals surface area contributed by atoms with Gasteiger partial charge in [-0.3, -0.25) is 19.6 Å². The number of nitrogens with two attached hydrogens (primary N) is 2. The van der Waals surface area contributed by atoms with E-state index >= 15 is 0 Å². The summed E-state index contributed by atoms with van der Waals surface area (Å²) < 4.78 is 53.5. The fraction of sp³-hybridized carbons (Fsp3) is 0. The minimum atomic E-state index is -4.82. The van der Waals surface area contributed by atoms with Crippen molar-refractivity contribution in [1.82, 2.24) is 15.9 Å². The molecule has 2 aromatic rings. The molecule has 1 aliphatic heterocycles. The van der Waals surface area contributed by atoms with Crippen LogP contribution in [0.1, 0.15) is 20.7 Å². The van der Waals surface area contributed by atoms with Crippen LogP contribution in [0.5, 0.6) is 0 Å². The third-order valence-electron chi connectivity index (χ3n) is 3.91. The SMILES string of the molecule is NNC(=O)NN1C(=O)c2cc(S(=O)(=O)O)cc3c(N)c(S(=O)O)cc(c23)C1=O. The van der Waals surface area contributed by atoms with Crippen LogP contribution in [0, 0.1) is 0 Å². The number of nitrogen functional groups attached to an aromatic ring is 1. The van der Waals surface area contributed by atoms with Gasteiger partial charge >= 0.3 is 6.03 Å². The van der Waals surface area contributed by atoms with Crippen molar-refractivity contribution in [2.24, 2.45) is 5.84 Å². The predicted molar refractivity (Wildman–Crippen MR) is 93.6 cm³/mol. The molecule has 0 saturated heterocycles. The highest BCUT2D eigenvalue weighted by Crippen LogP contribution is 2.38. The van der Waals surface area contributed by atoms with Gasteiger partial charge in [-0.15, -0.1) is 0 Å². The van der Waals surface area contributed by atoms with Gasteiger partial charge in [-0.1, -0.05) is 0 Å². The van der Waals surface area contributed by atoms with Crippen molar-refractivity contribution in [3.63, 3.8) is 0 Å². The molecular weight excluding hydrogens is 418 g/mol. The molecule has 8 N–H and O–H groups in total. The number of hydrazine groups is 2. The topological polar surface area (TPSA) is 222 Å². The first kappa shape index (κ1) is 19.6. The van der Waals surface area contributed by atoms with Gasteiger partial charge in [0, 0.05) is 10.8 Å². The third kappa shape index (κ3) is 2.96. The Kier molecular flexibility index (Phi) is 4.56. The number of hydrogen-bond acceptors (Lipinski definition) is 8. The van der Waals surface area contributed by atoms with Crippen LogP contribution < -0.4 is 22.4 Å². The molecule has 15 heteroatoms. The van der Waals surface area contributed by atoms with E-state index in [9.17, 15) is 36.1 Å². The zero-order valence-corrected chi connectivity index (χ0v) is 15.1. The Morgan fingerprint density at radius 3 is 2.21 bits per heavy atom. The highest BCUT2D eigenvalue weighted by Gasteiger charge is 2.37. The maximum absolute atomic E-state index is 12.7. The summed E-state index contributed by atoms with van der Waals surface area (Å²) in [5.74, 6) is 2.67. The molecule has 0 aliphatic carbocycles. The molecule has 1 unspecified atom stereocenters. The summed E-state index contributed by atoms with van der Waals surface area (Å²) in [6.45, 7) is 0. The maximum atomic E-state index is 12.7. The van der Waals surface area contributed by atoms with Gasteiger partial charge in [0.15, 0.2) is 11.1 Å². The van der Waals surface area contributed by atoms with Crippen molar-refractivity contribution in [2.45, 2.75) is 9.79 Å². The highest BCUT2D eigenvalue weighted by molar-refractivity contribution is 7.85. The average Bonchev–Trinajstić information content (AvgIpc) is 2.62. The van der Waals surface area contributed by atoms with Gasteiger partial charge in [-0.2, -0.15) is 13.4 Å². The van der Waals surface area contributed by atoms with Crippen LogP contribution in [0.25, 0.3) is 10.8 Å². The number of imide groups is 1. The second-order valence-corrected chi connectivity index (χ2v) is 7.84. The zero-order chi connectivity index (χ0) is 21.0. The van der Waals surface area contributed by atoms with Gasteiger partial charge in [0.2, 0.25) is 0 Å². The Balaban J connectivity index is 2.45. The van der Waals surface area contributed by atoms with Crippen molar-refractivity contribution >= 4 is 55.5 Å². The summed E-state index contributed by atoms with van der Waals surface area (Å²) >= 11 is -2.68. The molecule has 1 aliphatic rings. The predicted octanol–water partition coefficient (Wildman–Crippen LogP) is -1.07. The fourth-order valence-electron chi connectivity index (χ4n) is 2.73. The number of benzene rings is 2. The summed E-state index contributed by atoms with van der Waals surface area (Å²) in [6.07, 6.45) is 0. The first-order valence-corrected chi connectivity index (χ1v) is 9.66. The summed E-state index contributed by atoms with van der Waals surface area (Å²) in [6, 6.07) is 1.43. The quantitative estimate of drug-likeness (QED) is 0.0659. The highest BCUT2D eigenvalue weighted by atomic mass is 32.2. The van der Waals surface area contributed by atoms with E-state index in [1.165, 1.54) is 0 Å². The Morgan fingerprint density at radius 2 is 1.71 bits per heavy atom. The van der Waals surface area contributed by atoms with Gasteiger partial charge in [0.1, 0.15) is 0 Å². The second kappa shape index (κ2) is 6.50. The van der Waals surface area contributed by atoms with Gasteiger partial charge in [0.05, 0.1) is 26.6 Å². The zero-order valence-electron chi connectivity index (χ0n) is 13.5. The van der Waals surface area contributed by atoms with E-state index < -0.39 is 54.4 Å². The number of nitrogens with one attached hydrogen (secondary N) is 2. The van der Waals surface area contributed by atoms with Gasteiger partial charge in [-0.25, -0.2) is 20.3 Å². The molecule has 0 spiro atoms. The fourth-order valence-corrected chi connectivity index (χ4v) is 3.78. The molecule has 0 aromatic heterocycles. The number of anilines is 1. The molecule has 0 fully saturated rings. The lowest BCUT2D eigenvalue weighted by Gasteiger charge is -2.28. The number of carbonyl (C=O) groups excluding carboxylic acids is 3. The lowest BCUT2D eigenvalue weighted by Crippen LogP contribution is -2.55. The summed E-state index contributed by atoms with van der Waals surface area (Å²) in [7, 11) is -4.82. The van der Waals surface area contributed by atoms with E-state index in [-0.39, 0.29) is 27.0 Å². The normalized spacial score (nSPS) is 14.9. The number of nitrogens with zero attached hydrogens (tertiary/aromatic N) is 1. The number of amides is 4. The largest absolute Gasteiger partial charge is 0.397 e. The molecule has 13 nitrogen and oxygen atoms in total. The van der Waals surface area contributed by atoms with Crippen molar-refractivity contribution in [3.8, 4) is 0 Å². The Morgan fingerprint density at radius 1 is 1.14 bits per heavy atom. The van der Waals surface area contributed by atoms with Crippen molar-refractivity contribution in [3.05, 3.63) is 29.3 Å². The van der Waals surface area contributed by atoms with E-state index in [1.54, 1.807) is 5.43 Å². The van der Waals surface area contributed by atoms with Gasteiger partial charge < -0.3 is 10.3 Å². The second-order valence-electron chi connectivity index (χ2n) is 5.48. The van der Waals surface area contributed by atoms with Crippen LogP contribution in [0.15, 0.2) is 28.0 Å². The summed E-state index contributed by atoms with van der Waals surface area (Å²) in [5, 5.41) is -0.0992. The number of rotatable bonds is 3.